The van der Waals surface area contributed by atoms with Gasteiger partial charge in [-0.05, 0) is 22.0 Å². The van der Waals surface area contributed by atoms with Crippen LogP contribution in [-0.4, -0.2) is 6.54 Å². The van der Waals surface area contributed by atoms with Crippen molar-refractivity contribution in [1.29, 1.82) is 0 Å². The minimum absolute atomic E-state index is 0.251. The van der Waals surface area contributed by atoms with Crippen molar-refractivity contribution >= 4 is 21.6 Å². The van der Waals surface area contributed by atoms with Gasteiger partial charge in [0.05, 0.1) is 5.69 Å². The Kier molecular flexibility index (Phi) is 3.42. The summed E-state index contributed by atoms with van der Waals surface area (Å²) in [6.07, 6.45) is 1.59. The van der Waals surface area contributed by atoms with Crippen molar-refractivity contribution in [2.24, 2.45) is 0 Å². The van der Waals surface area contributed by atoms with Gasteiger partial charge in [-0.15, -0.1) is 6.58 Å². The van der Waals surface area contributed by atoms with Crippen molar-refractivity contribution in [3.63, 3.8) is 0 Å². The smallest absolute Gasteiger partial charge is 0.150 e. The van der Waals surface area contributed by atoms with E-state index in [4.69, 9.17) is 0 Å². The molecule has 4 heteroatoms. The summed E-state index contributed by atoms with van der Waals surface area (Å²) in [5.74, 6) is -1.22. The van der Waals surface area contributed by atoms with Gasteiger partial charge in [0.1, 0.15) is 11.6 Å². The second kappa shape index (κ2) is 4.37. The van der Waals surface area contributed by atoms with E-state index in [1.54, 1.807) is 6.08 Å². The second-order valence-electron chi connectivity index (χ2n) is 2.41. The minimum atomic E-state index is -0.617. The van der Waals surface area contributed by atoms with Gasteiger partial charge < -0.3 is 5.32 Å². The second-order valence-corrected chi connectivity index (χ2v) is 3.27. The summed E-state index contributed by atoms with van der Waals surface area (Å²) in [4.78, 5) is 0. The highest BCUT2D eigenvalue weighted by atomic mass is 79.9. The molecule has 0 aromatic heterocycles. The molecule has 1 aromatic rings. The summed E-state index contributed by atoms with van der Waals surface area (Å²) in [5, 5.41) is 2.75. The highest BCUT2D eigenvalue weighted by Gasteiger charge is 2.07. The van der Waals surface area contributed by atoms with E-state index in [0.29, 0.717) is 11.0 Å². The van der Waals surface area contributed by atoms with Gasteiger partial charge in [0.15, 0.2) is 0 Å². The van der Waals surface area contributed by atoms with Crippen molar-refractivity contribution in [2.45, 2.75) is 0 Å². The van der Waals surface area contributed by atoms with Gasteiger partial charge >= 0.3 is 0 Å². The van der Waals surface area contributed by atoms with Crippen LogP contribution >= 0.6 is 15.9 Å². The zero-order valence-electron chi connectivity index (χ0n) is 6.78. The maximum Gasteiger partial charge on any atom is 0.150 e. The predicted molar refractivity (Wildman–Crippen MR) is 52.7 cm³/mol. The van der Waals surface area contributed by atoms with Crippen LogP contribution in [0.5, 0.6) is 0 Å². The maximum absolute atomic E-state index is 13.1. The zero-order chi connectivity index (χ0) is 9.84. The number of benzene rings is 1. The average Bonchev–Trinajstić information content (AvgIpc) is 2.02. The number of hydrogen-bond acceptors (Lipinski definition) is 1. The van der Waals surface area contributed by atoms with Crippen LogP contribution in [0.3, 0.4) is 0 Å². The van der Waals surface area contributed by atoms with E-state index < -0.39 is 11.6 Å². The average molecular weight is 248 g/mol. The van der Waals surface area contributed by atoms with Crippen molar-refractivity contribution in [3.05, 3.63) is 40.9 Å². The Hall–Kier alpha value is -0.900. The molecule has 0 amide bonds. The Morgan fingerprint density at radius 3 is 2.69 bits per heavy atom. The summed E-state index contributed by atoms with van der Waals surface area (Å²) >= 11 is 3.05. The monoisotopic (exact) mass is 247 g/mol. The first-order valence-corrected chi connectivity index (χ1v) is 4.43. The normalized spacial score (nSPS) is 9.77. The predicted octanol–water partition coefficient (Wildman–Crippen LogP) is 3.33. The standard InChI is InChI=1S/C9H8BrF2N/c1-2-3-13-9-7(10)4-6(11)5-8(9)12/h2,4-5,13H,1,3H2. The fraction of sp³-hybridized carbons (Fsp3) is 0.111. The molecule has 0 fully saturated rings. The molecule has 0 saturated carbocycles. The van der Waals surface area contributed by atoms with Crippen LogP contribution in [-0.2, 0) is 0 Å². The number of rotatable bonds is 3. The van der Waals surface area contributed by atoms with Crippen molar-refractivity contribution in [1.82, 2.24) is 0 Å². The Labute approximate surface area is 83.6 Å². The van der Waals surface area contributed by atoms with Crippen molar-refractivity contribution in [2.75, 3.05) is 11.9 Å². The Balaban J connectivity index is 2.98. The molecule has 13 heavy (non-hydrogen) atoms. The topological polar surface area (TPSA) is 12.0 Å². The van der Waals surface area contributed by atoms with E-state index in [0.717, 1.165) is 6.07 Å². The minimum Gasteiger partial charge on any atom is -0.378 e. The fourth-order valence-corrected chi connectivity index (χ4v) is 1.43. The lowest BCUT2D eigenvalue weighted by molar-refractivity contribution is 0.584. The molecule has 0 atom stereocenters. The Morgan fingerprint density at radius 2 is 2.15 bits per heavy atom. The molecule has 0 unspecified atom stereocenters. The van der Waals surface area contributed by atoms with Crippen LogP contribution in [0.2, 0.25) is 0 Å². The van der Waals surface area contributed by atoms with Crippen molar-refractivity contribution in [3.8, 4) is 0 Å². The van der Waals surface area contributed by atoms with E-state index in [1.165, 1.54) is 6.07 Å². The number of hydrogen-bond donors (Lipinski definition) is 1. The summed E-state index contributed by atoms with van der Waals surface area (Å²) < 4.78 is 26.0. The lowest BCUT2D eigenvalue weighted by atomic mass is 10.3. The highest BCUT2D eigenvalue weighted by Crippen LogP contribution is 2.26. The lowest BCUT2D eigenvalue weighted by Gasteiger charge is -2.07. The molecule has 1 aromatic carbocycles. The number of nitrogens with one attached hydrogen (secondary N) is 1. The third kappa shape index (κ3) is 2.52. The molecule has 0 aliphatic rings. The first kappa shape index (κ1) is 10.2. The van der Waals surface area contributed by atoms with Gasteiger partial charge in [0.25, 0.3) is 0 Å². The van der Waals surface area contributed by atoms with Crippen LogP contribution < -0.4 is 5.32 Å². The van der Waals surface area contributed by atoms with E-state index in [9.17, 15) is 8.78 Å². The summed E-state index contributed by atoms with van der Waals surface area (Å²) in [5.41, 5.74) is 0.251. The SMILES string of the molecule is C=CCNc1c(F)cc(F)cc1Br. The summed E-state index contributed by atoms with van der Waals surface area (Å²) in [7, 11) is 0. The Morgan fingerprint density at radius 1 is 1.46 bits per heavy atom. The third-order valence-corrected chi connectivity index (χ3v) is 2.06. The zero-order valence-corrected chi connectivity index (χ0v) is 8.37. The molecular weight excluding hydrogens is 240 g/mol. The van der Waals surface area contributed by atoms with Crippen LogP contribution in [0.4, 0.5) is 14.5 Å². The van der Waals surface area contributed by atoms with E-state index in [2.05, 4.69) is 27.8 Å². The van der Waals surface area contributed by atoms with Gasteiger partial charge in [-0.25, -0.2) is 8.78 Å². The van der Waals surface area contributed by atoms with Crippen LogP contribution in [0.15, 0.2) is 29.3 Å². The Bertz CT molecular complexity index is 302. The largest absolute Gasteiger partial charge is 0.378 e. The van der Waals surface area contributed by atoms with Crippen molar-refractivity contribution < 1.29 is 8.78 Å². The summed E-state index contributed by atoms with van der Waals surface area (Å²) in [6, 6.07) is 2.03. The molecular formula is C9H8BrF2N. The van der Waals surface area contributed by atoms with Crippen LogP contribution in [0.25, 0.3) is 0 Å². The highest BCUT2D eigenvalue weighted by molar-refractivity contribution is 9.10. The molecule has 0 saturated heterocycles. The maximum atomic E-state index is 13.1. The van der Waals surface area contributed by atoms with Crippen LogP contribution in [0, 0.1) is 11.6 Å². The van der Waals surface area contributed by atoms with Gasteiger partial charge in [0, 0.05) is 17.1 Å². The lowest BCUT2D eigenvalue weighted by Crippen LogP contribution is -2.01. The first-order valence-electron chi connectivity index (χ1n) is 3.64. The molecule has 1 N–H and O–H groups in total. The van der Waals surface area contributed by atoms with Gasteiger partial charge in [0.2, 0.25) is 0 Å². The van der Waals surface area contributed by atoms with Gasteiger partial charge in [-0.3, -0.25) is 0 Å². The van der Waals surface area contributed by atoms with Gasteiger partial charge in [-0.1, -0.05) is 6.08 Å². The molecule has 0 spiro atoms. The number of anilines is 1. The van der Waals surface area contributed by atoms with E-state index >= 15 is 0 Å². The van der Waals surface area contributed by atoms with Crippen LogP contribution in [0.1, 0.15) is 0 Å². The molecule has 0 aliphatic heterocycles. The molecule has 1 nitrogen and oxygen atoms in total. The first-order chi connectivity index (χ1) is 6.15. The summed E-state index contributed by atoms with van der Waals surface area (Å²) in [6.45, 7) is 3.91. The third-order valence-electron chi connectivity index (χ3n) is 1.43. The van der Waals surface area contributed by atoms with E-state index in [-0.39, 0.29) is 5.69 Å². The fourth-order valence-electron chi connectivity index (χ4n) is 0.885. The molecule has 70 valence electrons. The quantitative estimate of drug-likeness (QED) is 0.809. The number of halogens is 3. The van der Waals surface area contributed by atoms with E-state index in [1.807, 2.05) is 0 Å². The van der Waals surface area contributed by atoms with Gasteiger partial charge in [-0.2, -0.15) is 0 Å². The molecule has 0 heterocycles. The molecule has 0 radical (unpaired) electrons. The molecule has 0 aliphatic carbocycles. The molecule has 1 rings (SSSR count). The molecule has 0 bridgehead atoms.